The molecule has 0 atom stereocenters. The van der Waals surface area contributed by atoms with Crippen LogP contribution >= 0.6 is 15.9 Å². The van der Waals surface area contributed by atoms with Crippen LogP contribution in [0.2, 0.25) is 0 Å². The fourth-order valence-corrected chi connectivity index (χ4v) is 1.75. The summed E-state index contributed by atoms with van der Waals surface area (Å²) in [5.41, 5.74) is 7.46. The van der Waals surface area contributed by atoms with Gasteiger partial charge >= 0.3 is 0 Å². The number of carbonyl (C=O) groups is 1. The molecule has 0 aliphatic carbocycles. The first-order valence-electron chi connectivity index (χ1n) is 4.98. The van der Waals surface area contributed by atoms with E-state index in [0.29, 0.717) is 22.7 Å². The molecule has 1 aromatic heterocycles. The smallest absolute Gasteiger partial charge is 0.258 e. The number of aryl methyl sites for hydroxylation is 1. The van der Waals surface area contributed by atoms with E-state index in [2.05, 4.69) is 21.2 Å². The highest BCUT2D eigenvalue weighted by molar-refractivity contribution is 9.10. The predicted molar refractivity (Wildman–Crippen MR) is 70.0 cm³/mol. The summed E-state index contributed by atoms with van der Waals surface area (Å²) in [4.78, 5) is 11.8. The lowest BCUT2D eigenvalue weighted by atomic mass is 10.2. The van der Waals surface area contributed by atoms with Crippen molar-refractivity contribution in [1.82, 2.24) is 0 Å². The van der Waals surface area contributed by atoms with E-state index in [0.717, 1.165) is 4.47 Å². The third-order valence-corrected chi connectivity index (χ3v) is 2.94. The summed E-state index contributed by atoms with van der Waals surface area (Å²) in [5, 5.41) is 2.76. The number of furan rings is 1. The van der Waals surface area contributed by atoms with E-state index >= 15 is 0 Å². The van der Waals surface area contributed by atoms with Crippen LogP contribution in [0.1, 0.15) is 16.1 Å². The van der Waals surface area contributed by atoms with Crippen molar-refractivity contribution in [2.75, 3.05) is 11.1 Å². The largest absolute Gasteiger partial charge is 0.469 e. The van der Waals surface area contributed by atoms with Crippen LogP contribution in [0.25, 0.3) is 0 Å². The van der Waals surface area contributed by atoms with E-state index in [1.165, 1.54) is 6.26 Å². The van der Waals surface area contributed by atoms with Crippen LogP contribution < -0.4 is 11.1 Å². The van der Waals surface area contributed by atoms with Crippen molar-refractivity contribution in [2.45, 2.75) is 6.92 Å². The number of nitrogens with two attached hydrogens (primary N) is 1. The molecule has 0 saturated heterocycles. The topological polar surface area (TPSA) is 68.3 Å². The molecule has 4 nitrogen and oxygen atoms in total. The van der Waals surface area contributed by atoms with Gasteiger partial charge in [-0.3, -0.25) is 4.79 Å². The van der Waals surface area contributed by atoms with Crippen LogP contribution in [0.5, 0.6) is 0 Å². The molecule has 2 aromatic rings. The first-order chi connectivity index (χ1) is 8.06. The summed E-state index contributed by atoms with van der Waals surface area (Å²) < 4.78 is 5.82. The monoisotopic (exact) mass is 294 g/mol. The maximum absolute atomic E-state index is 11.8. The number of hydrogen-bond acceptors (Lipinski definition) is 3. The average molecular weight is 295 g/mol. The number of amides is 1. The zero-order valence-electron chi connectivity index (χ0n) is 9.16. The fourth-order valence-electron chi connectivity index (χ4n) is 1.37. The lowest BCUT2D eigenvalue weighted by Crippen LogP contribution is -2.10. The second-order valence-electron chi connectivity index (χ2n) is 3.64. The maximum Gasteiger partial charge on any atom is 0.258 e. The quantitative estimate of drug-likeness (QED) is 0.836. The van der Waals surface area contributed by atoms with Crippen LogP contribution in [-0.4, -0.2) is 5.91 Å². The van der Waals surface area contributed by atoms with Crippen molar-refractivity contribution in [3.05, 3.63) is 46.3 Å². The number of benzene rings is 1. The number of nitrogen functional groups attached to an aromatic ring is 1. The summed E-state index contributed by atoms with van der Waals surface area (Å²) in [7, 11) is 0. The van der Waals surface area contributed by atoms with Crippen molar-refractivity contribution < 1.29 is 9.21 Å². The molecule has 1 aromatic carbocycles. The minimum absolute atomic E-state index is 0.210. The van der Waals surface area contributed by atoms with Gasteiger partial charge in [0.15, 0.2) is 0 Å². The first kappa shape index (κ1) is 11.7. The molecule has 0 bridgehead atoms. The van der Waals surface area contributed by atoms with E-state index < -0.39 is 0 Å². The Kier molecular flexibility index (Phi) is 3.19. The molecule has 0 saturated carbocycles. The number of rotatable bonds is 2. The Morgan fingerprint density at radius 1 is 1.41 bits per heavy atom. The minimum Gasteiger partial charge on any atom is -0.469 e. The lowest BCUT2D eigenvalue weighted by Gasteiger charge is -2.05. The second-order valence-corrected chi connectivity index (χ2v) is 4.49. The van der Waals surface area contributed by atoms with Gasteiger partial charge in [-0.25, -0.2) is 0 Å². The summed E-state index contributed by atoms with van der Waals surface area (Å²) in [6.45, 7) is 1.79. The van der Waals surface area contributed by atoms with Crippen LogP contribution in [0.15, 0.2) is 39.4 Å². The zero-order chi connectivity index (χ0) is 12.4. The predicted octanol–water partition coefficient (Wildman–Crippen LogP) is 3.19. The van der Waals surface area contributed by atoms with Crippen LogP contribution in [-0.2, 0) is 0 Å². The van der Waals surface area contributed by atoms with Gasteiger partial charge in [-0.05, 0) is 47.1 Å². The van der Waals surface area contributed by atoms with E-state index in [1.54, 1.807) is 31.2 Å². The number of halogens is 1. The Bertz CT molecular complexity index is 563. The first-order valence-corrected chi connectivity index (χ1v) is 5.77. The molecule has 1 amide bonds. The number of nitrogens with one attached hydrogen (secondary N) is 1. The second kappa shape index (κ2) is 4.63. The number of hydrogen-bond donors (Lipinski definition) is 2. The molecule has 0 aliphatic heterocycles. The van der Waals surface area contributed by atoms with Crippen LogP contribution in [0.4, 0.5) is 11.4 Å². The highest BCUT2D eigenvalue weighted by atomic mass is 79.9. The SMILES string of the molecule is Cc1cc(C(=O)Nc2ccc(N)c(Br)c2)co1. The Morgan fingerprint density at radius 3 is 2.76 bits per heavy atom. The number of carbonyl (C=O) groups excluding carboxylic acids is 1. The highest BCUT2D eigenvalue weighted by Gasteiger charge is 2.09. The average Bonchev–Trinajstić information content (AvgIpc) is 2.70. The molecule has 88 valence electrons. The summed E-state index contributed by atoms with van der Waals surface area (Å²) in [6.07, 6.45) is 1.43. The van der Waals surface area contributed by atoms with Crippen LogP contribution in [0.3, 0.4) is 0 Å². The lowest BCUT2D eigenvalue weighted by molar-refractivity contribution is 0.102. The minimum atomic E-state index is -0.210. The van der Waals surface area contributed by atoms with Gasteiger partial charge in [0.05, 0.1) is 5.56 Å². The van der Waals surface area contributed by atoms with Crippen LogP contribution in [0, 0.1) is 6.92 Å². The molecule has 2 rings (SSSR count). The van der Waals surface area contributed by atoms with Gasteiger partial charge in [0.2, 0.25) is 0 Å². The molecule has 0 spiro atoms. The molecule has 0 aliphatic rings. The Balaban J connectivity index is 2.15. The van der Waals surface area contributed by atoms with Gasteiger partial charge in [0.25, 0.3) is 5.91 Å². The van der Waals surface area contributed by atoms with Crippen molar-refractivity contribution in [1.29, 1.82) is 0 Å². The molecule has 0 unspecified atom stereocenters. The molecule has 0 fully saturated rings. The van der Waals surface area contributed by atoms with E-state index in [4.69, 9.17) is 10.2 Å². The summed E-state index contributed by atoms with van der Waals surface area (Å²) >= 11 is 3.30. The van der Waals surface area contributed by atoms with Gasteiger partial charge in [-0.15, -0.1) is 0 Å². The fraction of sp³-hybridized carbons (Fsp3) is 0.0833. The molecule has 5 heteroatoms. The van der Waals surface area contributed by atoms with Crippen molar-refractivity contribution in [2.24, 2.45) is 0 Å². The van der Waals surface area contributed by atoms with E-state index in [-0.39, 0.29) is 5.91 Å². The molecule has 3 N–H and O–H groups in total. The van der Waals surface area contributed by atoms with E-state index in [1.807, 2.05) is 0 Å². The highest BCUT2D eigenvalue weighted by Crippen LogP contribution is 2.23. The third-order valence-electron chi connectivity index (χ3n) is 2.25. The van der Waals surface area contributed by atoms with Gasteiger partial charge < -0.3 is 15.5 Å². The van der Waals surface area contributed by atoms with Crippen molar-refractivity contribution in [3.8, 4) is 0 Å². The van der Waals surface area contributed by atoms with Gasteiger partial charge in [0.1, 0.15) is 12.0 Å². The standard InChI is InChI=1S/C12H11BrN2O2/c1-7-4-8(6-17-7)12(16)15-9-2-3-11(14)10(13)5-9/h2-6H,14H2,1H3,(H,15,16). The van der Waals surface area contributed by atoms with E-state index in [9.17, 15) is 4.79 Å². The third kappa shape index (κ3) is 2.68. The maximum atomic E-state index is 11.8. The molecule has 17 heavy (non-hydrogen) atoms. The molecule has 1 heterocycles. The normalized spacial score (nSPS) is 10.2. The Labute approximate surface area is 107 Å². The number of anilines is 2. The Morgan fingerprint density at radius 2 is 2.18 bits per heavy atom. The van der Waals surface area contributed by atoms with Gasteiger partial charge in [-0.2, -0.15) is 0 Å². The molecule has 0 radical (unpaired) electrons. The Hall–Kier alpha value is -1.75. The van der Waals surface area contributed by atoms with Gasteiger partial charge in [-0.1, -0.05) is 0 Å². The molecular formula is C12H11BrN2O2. The van der Waals surface area contributed by atoms with Crippen molar-refractivity contribution in [3.63, 3.8) is 0 Å². The zero-order valence-corrected chi connectivity index (χ0v) is 10.7. The van der Waals surface area contributed by atoms with Crippen molar-refractivity contribution >= 4 is 33.2 Å². The van der Waals surface area contributed by atoms with Gasteiger partial charge in [0, 0.05) is 15.8 Å². The molecular weight excluding hydrogens is 284 g/mol. The summed E-state index contributed by atoms with van der Waals surface area (Å²) in [6, 6.07) is 6.90. The summed E-state index contributed by atoms with van der Waals surface area (Å²) in [5.74, 6) is 0.493.